The fourth-order valence-corrected chi connectivity index (χ4v) is 5.79. The summed E-state index contributed by atoms with van der Waals surface area (Å²) in [5.74, 6) is 0.767. The van der Waals surface area contributed by atoms with Gasteiger partial charge in [0.1, 0.15) is 0 Å². The van der Waals surface area contributed by atoms with Gasteiger partial charge in [-0.2, -0.15) is 0 Å². The summed E-state index contributed by atoms with van der Waals surface area (Å²) in [7, 11) is 0. The van der Waals surface area contributed by atoms with Gasteiger partial charge in [-0.1, -0.05) is 41.7 Å². The van der Waals surface area contributed by atoms with Gasteiger partial charge in [0.25, 0.3) is 5.91 Å². The van der Waals surface area contributed by atoms with Crippen LogP contribution in [0.2, 0.25) is 0 Å². The van der Waals surface area contributed by atoms with E-state index in [0.29, 0.717) is 11.7 Å². The Morgan fingerprint density at radius 2 is 2.00 bits per heavy atom. The van der Waals surface area contributed by atoms with Crippen molar-refractivity contribution >= 4 is 40.0 Å². The molecule has 1 aromatic heterocycles. The van der Waals surface area contributed by atoms with E-state index in [1.807, 2.05) is 30.0 Å². The fraction of sp³-hybridized carbons (Fsp3) is 0.292. The lowest BCUT2D eigenvalue weighted by atomic mass is 10.0. The van der Waals surface area contributed by atoms with Crippen LogP contribution < -0.4 is 5.32 Å². The molecule has 0 bridgehead atoms. The zero-order chi connectivity index (χ0) is 22.1. The van der Waals surface area contributed by atoms with Crippen molar-refractivity contribution in [2.45, 2.75) is 50.9 Å². The number of nitrogens with one attached hydrogen (secondary N) is 1. The van der Waals surface area contributed by atoms with E-state index < -0.39 is 0 Å². The standard InChI is InChI=1S/C24H25N3O2S2/c1-14(2)27-12-19-10-18(22-15(3)25-24(31-22)26-16(4)28)11-20(21(19)23(27)29)30-13-17-8-6-5-7-9-17/h5-11,14H,12-13H2,1-4H3,(H,25,26,28). The molecule has 3 aromatic rings. The molecule has 0 radical (unpaired) electrons. The lowest BCUT2D eigenvalue weighted by Gasteiger charge is -2.20. The minimum Gasteiger partial charge on any atom is -0.332 e. The Labute approximate surface area is 190 Å². The number of anilines is 1. The maximum Gasteiger partial charge on any atom is 0.255 e. The summed E-state index contributed by atoms with van der Waals surface area (Å²) in [6.07, 6.45) is 0. The molecule has 0 unspecified atom stereocenters. The third kappa shape index (κ3) is 4.52. The van der Waals surface area contributed by atoms with Gasteiger partial charge in [-0.25, -0.2) is 4.98 Å². The molecule has 5 nitrogen and oxygen atoms in total. The van der Waals surface area contributed by atoms with Crippen LogP contribution in [0.4, 0.5) is 5.13 Å². The first-order valence-electron chi connectivity index (χ1n) is 10.2. The Morgan fingerprint density at radius 1 is 1.26 bits per heavy atom. The molecule has 0 aliphatic carbocycles. The molecule has 4 rings (SSSR count). The van der Waals surface area contributed by atoms with Gasteiger partial charge in [0.05, 0.1) is 16.1 Å². The fourth-order valence-electron chi connectivity index (χ4n) is 3.71. The minimum atomic E-state index is -0.133. The van der Waals surface area contributed by atoms with Crippen LogP contribution >= 0.6 is 23.1 Å². The van der Waals surface area contributed by atoms with Crippen LogP contribution in [-0.4, -0.2) is 27.7 Å². The molecular weight excluding hydrogens is 426 g/mol. The molecule has 1 N–H and O–H groups in total. The lowest BCUT2D eigenvalue weighted by Crippen LogP contribution is -2.30. The second kappa shape index (κ2) is 8.85. The number of rotatable bonds is 6. The van der Waals surface area contributed by atoms with Gasteiger partial charge in [-0.05, 0) is 49.6 Å². The molecule has 1 aliphatic rings. The smallest absolute Gasteiger partial charge is 0.255 e. The third-order valence-corrected chi connectivity index (χ3v) is 7.43. The highest BCUT2D eigenvalue weighted by atomic mass is 32.2. The maximum atomic E-state index is 13.2. The summed E-state index contributed by atoms with van der Waals surface area (Å²) in [4.78, 5) is 33.0. The van der Waals surface area contributed by atoms with E-state index in [1.54, 1.807) is 11.8 Å². The Hall–Kier alpha value is -2.64. The second-order valence-electron chi connectivity index (χ2n) is 7.92. The molecule has 160 valence electrons. The largest absolute Gasteiger partial charge is 0.332 e. The summed E-state index contributed by atoms with van der Waals surface area (Å²) in [6.45, 7) is 8.15. The minimum absolute atomic E-state index is 0.104. The molecule has 1 aliphatic heterocycles. The number of amides is 2. The average molecular weight is 452 g/mol. The monoisotopic (exact) mass is 451 g/mol. The summed E-state index contributed by atoms with van der Waals surface area (Å²) >= 11 is 3.16. The molecule has 0 saturated heterocycles. The number of carbonyl (C=O) groups excluding carboxylic acids is 2. The van der Waals surface area contributed by atoms with Crippen molar-refractivity contribution in [2.24, 2.45) is 0 Å². The van der Waals surface area contributed by atoms with Crippen LogP contribution in [0.3, 0.4) is 0 Å². The van der Waals surface area contributed by atoms with Gasteiger partial charge < -0.3 is 10.2 Å². The van der Waals surface area contributed by atoms with Gasteiger partial charge in [0.15, 0.2) is 5.13 Å². The van der Waals surface area contributed by atoms with Crippen LogP contribution in [0.5, 0.6) is 0 Å². The first-order valence-corrected chi connectivity index (χ1v) is 12.0. The van der Waals surface area contributed by atoms with Crippen LogP contribution in [-0.2, 0) is 17.1 Å². The number of fused-ring (bicyclic) bond motifs is 1. The van der Waals surface area contributed by atoms with E-state index in [4.69, 9.17) is 0 Å². The Kier molecular flexibility index (Phi) is 6.16. The zero-order valence-corrected chi connectivity index (χ0v) is 19.7. The summed E-state index contributed by atoms with van der Waals surface area (Å²) in [6, 6.07) is 14.6. The zero-order valence-electron chi connectivity index (χ0n) is 18.1. The highest BCUT2D eigenvalue weighted by molar-refractivity contribution is 7.98. The second-order valence-corrected chi connectivity index (χ2v) is 9.94. The molecule has 2 heterocycles. The Balaban J connectivity index is 1.75. The van der Waals surface area contributed by atoms with E-state index >= 15 is 0 Å². The number of nitrogens with zero attached hydrogens (tertiary/aromatic N) is 2. The van der Waals surface area contributed by atoms with E-state index in [2.05, 4.69) is 48.4 Å². The van der Waals surface area contributed by atoms with Gasteiger partial charge in [0, 0.05) is 30.2 Å². The van der Waals surface area contributed by atoms with Gasteiger partial charge in [-0.3, -0.25) is 9.59 Å². The average Bonchev–Trinajstić information content (AvgIpc) is 3.26. The normalized spacial score (nSPS) is 13.1. The predicted octanol–water partition coefficient (Wildman–Crippen LogP) is 5.73. The Morgan fingerprint density at radius 3 is 2.68 bits per heavy atom. The topological polar surface area (TPSA) is 62.3 Å². The van der Waals surface area contributed by atoms with Crippen molar-refractivity contribution in [3.05, 3.63) is 64.8 Å². The van der Waals surface area contributed by atoms with E-state index in [9.17, 15) is 9.59 Å². The number of thiazole rings is 1. The molecule has 0 saturated carbocycles. The van der Waals surface area contributed by atoms with E-state index in [1.165, 1.54) is 23.8 Å². The van der Waals surface area contributed by atoms with Crippen LogP contribution in [0.1, 0.15) is 48.0 Å². The number of carbonyl (C=O) groups is 2. The van der Waals surface area contributed by atoms with Crippen LogP contribution in [0.25, 0.3) is 10.4 Å². The molecule has 0 spiro atoms. The van der Waals surface area contributed by atoms with Crippen LogP contribution in [0, 0.1) is 6.92 Å². The molecule has 0 fully saturated rings. The highest BCUT2D eigenvalue weighted by Gasteiger charge is 2.32. The number of thioether (sulfide) groups is 1. The molecule has 2 aromatic carbocycles. The molecule has 2 amide bonds. The lowest BCUT2D eigenvalue weighted by molar-refractivity contribution is -0.114. The summed E-state index contributed by atoms with van der Waals surface area (Å²) in [5.41, 5.74) is 5.01. The molecule has 31 heavy (non-hydrogen) atoms. The summed E-state index contributed by atoms with van der Waals surface area (Å²) in [5, 5.41) is 3.38. The quantitative estimate of drug-likeness (QED) is 0.486. The molecule has 7 heteroatoms. The third-order valence-electron chi connectivity index (χ3n) is 5.20. The van der Waals surface area contributed by atoms with E-state index in [0.717, 1.165) is 37.9 Å². The van der Waals surface area contributed by atoms with Gasteiger partial charge in [-0.15, -0.1) is 11.8 Å². The maximum absolute atomic E-state index is 13.2. The Bertz CT molecular complexity index is 1140. The van der Waals surface area contributed by atoms with Crippen molar-refractivity contribution in [2.75, 3.05) is 5.32 Å². The number of hydrogen-bond donors (Lipinski definition) is 1. The van der Waals surface area contributed by atoms with Crippen molar-refractivity contribution in [1.29, 1.82) is 0 Å². The molecular formula is C24H25N3O2S2. The SMILES string of the molecule is CC(=O)Nc1nc(C)c(-c2cc3c(c(SCc4ccccc4)c2)C(=O)N(C(C)C)C3)s1. The number of aromatic nitrogens is 1. The van der Waals surface area contributed by atoms with Crippen molar-refractivity contribution in [3.8, 4) is 10.4 Å². The summed E-state index contributed by atoms with van der Waals surface area (Å²) < 4.78 is 0. The predicted molar refractivity (Wildman–Crippen MR) is 128 cm³/mol. The number of aryl methyl sites for hydroxylation is 1. The van der Waals surface area contributed by atoms with E-state index in [-0.39, 0.29) is 17.9 Å². The first kappa shape index (κ1) is 21.6. The van der Waals surface area contributed by atoms with Gasteiger partial charge in [0.2, 0.25) is 5.91 Å². The number of benzene rings is 2. The van der Waals surface area contributed by atoms with Crippen molar-refractivity contribution < 1.29 is 9.59 Å². The molecule has 0 atom stereocenters. The number of hydrogen-bond acceptors (Lipinski definition) is 5. The first-order chi connectivity index (χ1) is 14.8. The highest BCUT2D eigenvalue weighted by Crippen LogP contribution is 2.41. The van der Waals surface area contributed by atoms with Crippen molar-refractivity contribution in [3.63, 3.8) is 0 Å². The van der Waals surface area contributed by atoms with Crippen molar-refractivity contribution in [1.82, 2.24) is 9.88 Å². The van der Waals surface area contributed by atoms with Crippen LogP contribution in [0.15, 0.2) is 47.4 Å². The van der Waals surface area contributed by atoms with Gasteiger partial charge >= 0.3 is 0 Å².